The average molecular weight is 495 g/mol. The van der Waals surface area contributed by atoms with Crippen LogP contribution in [-0.2, 0) is 27.2 Å². The minimum absolute atomic E-state index is 0.341. The molecule has 0 N–H and O–H groups in total. The summed E-state index contributed by atoms with van der Waals surface area (Å²) >= 11 is 1.70. The lowest BCUT2D eigenvalue weighted by Gasteiger charge is -2.35. The van der Waals surface area contributed by atoms with Gasteiger partial charge in [-0.15, -0.1) is 11.8 Å². The quantitative estimate of drug-likeness (QED) is 0.139. The fraction of sp³-hybridized carbons (Fsp3) is 0.727. The lowest BCUT2D eigenvalue weighted by Crippen LogP contribution is -2.23. The highest BCUT2D eigenvalue weighted by molar-refractivity contribution is 7.99. The molecule has 0 saturated heterocycles. The molecule has 6 nitrogen and oxygen atoms in total. The first-order valence-electron chi connectivity index (χ1n) is 11.0. The lowest BCUT2D eigenvalue weighted by atomic mass is 10.4. The lowest BCUT2D eigenvalue weighted by molar-refractivity contribution is 0.121. The molecule has 1 aromatic carbocycles. The van der Waals surface area contributed by atoms with Gasteiger partial charge in [-0.3, -0.25) is 9.13 Å². The Bertz CT molecular complexity index is 658. The maximum absolute atomic E-state index is 14.0. The smallest absolute Gasteiger partial charge is 0.305 e. The van der Waals surface area contributed by atoms with E-state index >= 15 is 0 Å². The molecule has 9 heteroatoms. The summed E-state index contributed by atoms with van der Waals surface area (Å²) in [5.41, 5.74) is 0. The minimum Gasteiger partial charge on any atom is -0.305 e. The number of rotatable bonds is 15. The molecule has 0 unspecified atom stereocenters. The summed E-state index contributed by atoms with van der Waals surface area (Å²) in [6.45, 7) is 14.3. The van der Waals surface area contributed by atoms with Crippen LogP contribution < -0.4 is 0 Å². The first-order chi connectivity index (χ1) is 14.4. The summed E-state index contributed by atoms with van der Waals surface area (Å²) in [6.07, 6.45) is -0.457. The van der Waals surface area contributed by atoms with Crippen LogP contribution in [0.4, 0.5) is 0 Å². The van der Waals surface area contributed by atoms with Crippen LogP contribution in [0.1, 0.15) is 68.2 Å². The Morgan fingerprint density at radius 2 is 1.10 bits per heavy atom. The van der Waals surface area contributed by atoms with Crippen molar-refractivity contribution in [3.8, 4) is 0 Å². The van der Waals surface area contributed by atoms with Crippen molar-refractivity contribution in [3.63, 3.8) is 0 Å². The SMILES string of the molecule is CC(C)OP(=O)(OC(C)C)C(CCCSc1ccccc1)P(=O)(OC(C)C)OC(C)C. The maximum Gasteiger partial charge on any atom is 0.346 e. The third-order valence-electron chi connectivity index (χ3n) is 3.78. The van der Waals surface area contributed by atoms with Gasteiger partial charge in [-0.05, 0) is 86.1 Å². The van der Waals surface area contributed by atoms with E-state index in [1.807, 2.05) is 30.3 Å². The van der Waals surface area contributed by atoms with E-state index in [2.05, 4.69) is 0 Å². The van der Waals surface area contributed by atoms with Crippen molar-refractivity contribution in [1.82, 2.24) is 0 Å². The summed E-state index contributed by atoms with van der Waals surface area (Å²) < 4.78 is 51.4. The van der Waals surface area contributed by atoms with E-state index in [4.69, 9.17) is 18.1 Å². The normalized spacial score (nSPS) is 13.3. The fourth-order valence-electron chi connectivity index (χ4n) is 2.97. The highest BCUT2D eigenvalue weighted by Gasteiger charge is 2.52. The first-order valence-corrected chi connectivity index (χ1v) is 15.2. The molecule has 1 rings (SSSR count). The molecule has 0 spiro atoms. The van der Waals surface area contributed by atoms with Gasteiger partial charge in [0, 0.05) is 4.90 Å². The van der Waals surface area contributed by atoms with Gasteiger partial charge in [0.15, 0.2) is 5.40 Å². The van der Waals surface area contributed by atoms with Gasteiger partial charge in [0.25, 0.3) is 0 Å². The van der Waals surface area contributed by atoms with Gasteiger partial charge in [-0.2, -0.15) is 0 Å². The van der Waals surface area contributed by atoms with E-state index in [1.165, 1.54) is 0 Å². The van der Waals surface area contributed by atoms with Crippen molar-refractivity contribution in [2.45, 2.75) is 103 Å². The summed E-state index contributed by atoms with van der Waals surface area (Å²) in [5.74, 6) is 0.771. The summed E-state index contributed by atoms with van der Waals surface area (Å²) in [6, 6.07) is 10.1. The Hall–Kier alpha value is -0.130. The largest absolute Gasteiger partial charge is 0.346 e. The Kier molecular flexibility index (Phi) is 12.6. The van der Waals surface area contributed by atoms with Gasteiger partial charge in [0.1, 0.15) is 0 Å². The second-order valence-corrected chi connectivity index (χ2v) is 14.3. The van der Waals surface area contributed by atoms with Crippen molar-refractivity contribution < 1.29 is 27.2 Å². The number of hydrogen-bond donors (Lipinski definition) is 0. The van der Waals surface area contributed by atoms with Crippen LogP contribution in [0.15, 0.2) is 35.2 Å². The third-order valence-corrected chi connectivity index (χ3v) is 11.4. The van der Waals surface area contributed by atoms with Crippen molar-refractivity contribution >= 4 is 27.0 Å². The van der Waals surface area contributed by atoms with Gasteiger partial charge in [0.2, 0.25) is 0 Å². The van der Waals surface area contributed by atoms with E-state index in [0.717, 1.165) is 10.6 Å². The van der Waals surface area contributed by atoms with Crippen LogP contribution in [0, 0.1) is 0 Å². The molecule has 0 aliphatic carbocycles. The number of thioether (sulfide) groups is 1. The Balaban J connectivity index is 3.20. The van der Waals surface area contributed by atoms with E-state index in [1.54, 1.807) is 67.2 Å². The summed E-state index contributed by atoms with van der Waals surface area (Å²) in [5, 5.41) is -0.994. The highest BCUT2D eigenvalue weighted by Crippen LogP contribution is 2.73. The van der Waals surface area contributed by atoms with E-state index in [9.17, 15) is 9.13 Å². The highest BCUT2D eigenvalue weighted by atomic mass is 32.2. The molecule has 0 fully saturated rings. The molecule has 0 aliphatic heterocycles. The van der Waals surface area contributed by atoms with E-state index in [-0.39, 0.29) is 24.4 Å². The van der Waals surface area contributed by atoms with Gasteiger partial charge >= 0.3 is 15.2 Å². The number of hydrogen-bond acceptors (Lipinski definition) is 7. The molecule has 31 heavy (non-hydrogen) atoms. The van der Waals surface area contributed by atoms with Crippen LogP contribution in [0.5, 0.6) is 0 Å². The van der Waals surface area contributed by atoms with Crippen LogP contribution in [0.2, 0.25) is 0 Å². The molecule has 180 valence electrons. The third kappa shape index (κ3) is 10.6. The molecular formula is C22H40O6P2S. The van der Waals surface area contributed by atoms with Crippen LogP contribution in [0.25, 0.3) is 0 Å². The van der Waals surface area contributed by atoms with E-state index in [0.29, 0.717) is 12.8 Å². The van der Waals surface area contributed by atoms with E-state index < -0.39 is 20.6 Å². The maximum atomic E-state index is 14.0. The topological polar surface area (TPSA) is 71.1 Å². The van der Waals surface area contributed by atoms with Gasteiger partial charge < -0.3 is 18.1 Å². The van der Waals surface area contributed by atoms with Crippen molar-refractivity contribution in [3.05, 3.63) is 30.3 Å². The molecule has 1 aromatic rings. The van der Waals surface area contributed by atoms with Crippen molar-refractivity contribution in [2.75, 3.05) is 5.75 Å². The molecule has 0 aromatic heterocycles. The second-order valence-electron chi connectivity index (χ2n) is 8.48. The standard InChI is InChI=1S/C22H40O6P2S/c1-17(2)25-29(23,26-18(3)4)22(30(24,27-19(5)6)28-20(7)8)15-12-16-31-21-13-10-9-11-14-21/h9-11,13-14,17-20,22H,12,15-16H2,1-8H3. The van der Waals surface area contributed by atoms with Gasteiger partial charge in [-0.1, -0.05) is 18.2 Å². The molecule has 0 amide bonds. The zero-order valence-electron chi connectivity index (χ0n) is 20.1. The number of benzene rings is 1. The molecule has 0 aliphatic rings. The monoisotopic (exact) mass is 494 g/mol. The molecule has 0 saturated carbocycles. The van der Waals surface area contributed by atoms with Crippen LogP contribution >= 0.6 is 27.0 Å². The molecular weight excluding hydrogens is 454 g/mol. The minimum atomic E-state index is -3.81. The van der Waals surface area contributed by atoms with Crippen LogP contribution in [-0.4, -0.2) is 35.6 Å². The Morgan fingerprint density at radius 3 is 1.45 bits per heavy atom. The fourth-order valence-corrected chi connectivity index (χ4v) is 9.91. The molecule has 0 heterocycles. The zero-order chi connectivity index (χ0) is 23.7. The predicted molar refractivity (Wildman–Crippen MR) is 130 cm³/mol. The molecule has 0 bridgehead atoms. The van der Waals surface area contributed by atoms with Crippen molar-refractivity contribution in [1.29, 1.82) is 0 Å². The molecule has 0 atom stereocenters. The average Bonchev–Trinajstić information content (AvgIpc) is 2.59. The Labute approximate surface area is 193 Å². The summed E-state index contributed by atoms with van der Waals surface area (Å²) in [4.78, 5) is 1.15. The predicted octanol–water partition coefficient (Wildman–Crippen LogP) is 7.97. The summed E-state index contributed by atoms with van der Waals surface area (Å²) in [7, 11) is -7.62. The van der Waals surface area contributed by atoms with Crippen LogP contribution in [0.3, 0.4) is 0 Å². The second kappa shape index (κ2) is 13.5. The zero-order valence-corrected chi connectivity index (χ0v) is 22.8. The Morgan fingerprint density at radius 1 is 0.710 bits per heavy atom. The van der Waals surface area contributed by atoms with Gasteiger partial charge in [-0.25, -0.2) is 0 Å². The van der Waals surface area contributed by atoms with Crippen molar-refractivity contribution in [2.24, 2.45) is 0 Å². The molecule has 0 radical (unpaired) electrons. The van der Waals surface area contributed by atoms with Gasteiger partial charge in [0.05, 0.1) is 24.4 Å². The first kappa shape index (κ1) is 28.9.